The summed E-state index contributed by atoms with van der Waals surface area (Å²) in [7, 11) is 0. The fourth-order valence-electron chi connectivity index (χ4n) is 6.47. The molecule has 8 rings (SSSR count). The number of nitrogens with one attached hydrogen (secondary N) is 1. The lowest BCUT2D eigenvalue weighted by Gasteiger charge is -2.47. The molecule has 9 nitrogen and oxygen atoms in total. The average Bonchev–Trinajstić information content (AvgIpc) is 3.70. The number of likely N-dealkylation sites (tertiary alicyclic amines) is 2. The second-order valence-corrected chi connectivity index (χ2v) is 11.4. The van der Waals surface area contributed by atoms with Gasteiger partial charge in [0.2, 0.25) is 0 Å². The van der Waals surface area contributed by atoms with Crippen molar-refractivity contribution in [1.29, 1.82) is 0 Å². The number of aromatic amines is 1. The van der Waals surface area contributed by atoms with Crippen LogP contribution in [-0.2, 0) is 0 Å². The first kappa shape index (κ1) is 25.7. The lowest BCUT2D eigenvalue weighted by molar-refractivity contribution is 0.0198. The van der Waals surface area contributed by atoms with Crippen LogP contribution in [0.1, 0.15) is 29.2 Å². The fraction of sp³-hybridized carbons (Fsp3) is 0.242. The van der Waals surface area contributed by atoms with Crippen LogP contribution in [0.2, 0.25) is 0 Å². The van der Waals surface area contributed by atoms with Gasteiger partial charge in [0.15, 0.2) is 0 Å². The molecule has 0 bridgehead atoms. The van der Waals surface area contributed by atoms with E-state index in [-0.39, 0.29) is 11.7 Å². The number of pyridine rings is 1. The maximum atomic E-state index is 15.2. The van der Waals surface area contributed by atoms with Crippen LogP contribution in [0, 0.1) is 5.82 Å². The quantitative estimate of drug-likeness (QED) is 0.300. The largest absolute Gasteiger partial charge is 0.346 e. The molecule has 10 heteroatoms. The Morgan fingerprint density at radius 1 is 0.907 bits per heavy atom. The Kier molecular flexibility index (Phi) is 6.22. The maximum Gasteiger partial charge on any atom is 0.253 e. The summed E-state index contributed by atoms with van der Waals surface area (Å²) in [6, 6.07) is 15.3. The second kappa shape index (κ2) is 10.4. The smallest absolute Gasteiger partial charge is 0.253 e. The highest BCUT2D eigenvalue weighted by Gasteiger charge is 2.36. The monoisotopic (exact) mass is 572 g/mol. The Balaban J connectivity index is 0.875. The minimum Gasteiger partial charge on any atom is -0.346 e. The number of benzene rings is 2. The van der Waals surface area contributed by atoms with Gasteiger partial charge in [0.25, 0.3) is 5.91 Å². The predicted molar refractivity (Wildman–Crippen MR) is 162 cm³/mol. The number of piperidine rings is 1. The normalized spacial score (nSPS) is 16.6. The van der Waals surface area contributed by atoms with Crippen LogP contribution in [0.5, 0.6) is 0 Å². The molecule has 2 fully saturated rings. The van der Waals surface area contributed by atoms with Crippen LogP contribution in [0.3, 0.4) is 0 Å². The second-order valence-electron chi connectivity index (χ2n) is 11.4. The van der Waals surface area contributed by atoms with E-state index < -0.39 is 0 Å². The third kappa shape index (κ3) is 4.64. The highest BCUT2D eigenvalue weighted by atomic mass is 19.1. The van der Waals surface area contributed by atoms with Gasteiger partial charge < -0.3 is 9.88 Å². The van der Waals surface area contributed by atoms with Crippen molar-refractivity contribution in [2.24, 2.45) is 0 Å². The first-order valence-electron chi connectivity index (χ1n) is 14.6. The molecule has 0 saturated carbocycles. The molecular formula is C33H29FN8O. The van der Waals surface area contributed by atoms with Crippen molar-refractivity contribution in [3.8, 4) is 22.4 Å². The summed E-state index contributed by atoms with van der Waals surface area (Å²) in [6.45, 7) is 3.19. The average molecular weight is 573 g/mol. The first-order valence-corrected chi connectivity index (χ1v) is 14.6. The summed E-state index contributed by atoms with van der Waals surface area (Å²) in [4.78, 5) is 33.6. The van der Waals surface area contributed by atoms with Crippen molar-refractivity contribution in [3.05, 3.63) is 97.2 Å². The lowest BCUT2D eigenvalue weighted by Crippen LogP contribution is -2.56. The molecule has 0 radical (unpaired) electrons. The van der Waals surface area contributed by atoms with E-state index in [0.717, 1.165) is 64.6 Å². The standard InChI is InChI=1S/C33H29FN8O/c34-30-14-23(3-4-28(30)22-1-2-24-15-35-9-5-21(24)13-22)33(43)40-11-7-26(8-12-40)41-18-27(19-41)42-17-25(16-39-42)31-29-6-10-36-32(29)38-20-37-31/h1-6,9-10,13-17,20,26-27H,7-8,11-12,18-19H2,(H,36,37,38). The Labute approximate surface area is 247 Å². The molecule has 0 aliphatic carbocycles. The van der Waals surface area contributed by atoms with E-state index in [4.69, 9.17) is 0 Å². The molecule has 4 aromatic heterocycles. The van der Waals surface area contributed by atoms with Crippen LogP contribution in [0.25, 0.3) is 44.2 Å². The van der Waals surface area contributed by atoms with Crippen LogP contribution >= 0.6 is 0 Å². The number of hydrogen-bond acceptors (Lipinski definition) is 6. The van der Waals surface area contributed by atoms with Gasteiger partial charge in [-0.05, 0) is 54.1 Å². The minimum absolute atomic E-state index is 0.111. The predicted octanol–water partition coefficient (Wildman–Crippen LogP) is 5.34. The Bertz CT molecular complexity index is 1970. The van der Waals surface area contributed by atoms with Gasteiger partial charge in [-0.25, -0.2) is 14.4 Å². The number of halogens is 1. The number of H-pyrrole nitrogens is 1. The van der Waals surface area contributed by atoms with Crippen molar-refractivity contribution < 1.29 is 9.18 Å². The van der Waals surface area contributed by atoms with Gasteiger partial charge in [0, 0.05) is 84.5 Å². The zero-order valence-electron chi connectivity index (χ0n) is 23.4. The molecule has 214 valence electrons. The summed E-state index contributed by atoms with van der Waals surface area (Å²) in [5.74, 6) is -0.500. The van der Waals surface area contributed by atoms with E-state index in [9.17, 15) is 4.79 Å². The topological polar surface area (TPSA) is 95.8 Å². The number of nitrogens with zero attached hydrogens (tertiary/aromatic N) is 7. The summed E-state index contributed by atoms with van der Waals surface area (Å²) >= 11 is 0. The molecule has 0 atom stereocenters. The third-order valence-electron chi connectivity index (χ3n) is 8.93. The van der Waals surface area contributed by atoms with Crippen molar-refractivity contribution in [3.63, 3.8) is 0 Å². The first-order chi connectivity index (χ1) is 21.1. The molecular weight excluding hydrogens is 543 g/mol. The van der Waals surface area contributed by atoms with Gasteiger partial charge in [0.05, 0.1) is 17.9 Å². The summed E-state index contributed by atoms with van der Waals surface area (Å²) in [5.41, 5.74) is 4.34. The SMILES string of the molecule is O=C(c1ccc(-c2ccc3cnccc3c2)c(F)c1)N1CCC(N2CC(n3cc(-c4ncnc5[nH]ccc45)cn3)C2)CC1. The van der Waals surface area contributed by atoms with Crippen LogP contribution in [-0.4, -0.2) is 77.6 Å². The molecule has 2 saturated heterocycles. The Hall–Kier alpha value is -4.96. The highest BCUT2D eigenvalue weighted by Crippen LogP contribution is 2.32. The van der Waals surface area contributed by atoms with E-state index in [2.05, 4.69) is 36.1 Å². The van der Waals surface area contributed by atoms with Crippen LogP contribution in [0.4, 0.5) is 4.39 Å². The number of aromatic nitrogens is 6. The molecule has 43 heavy (non-hydrogen) atoms. The molecule has 0 unspecified atom stereocenters. The van der Waals surface area contributed by atoms with Gasteiger partial charge in [-0.2, -0.15) is 5.10 Å². The number of rotatable bonds is 5. The number of amides is 1. The van der Waals surface area contributed by atoms with Crippen LogP contribution in [0.15, 0.2) is 85.8 Å². The van der Waals surface area contributed by atoms with Crippen LogP contribution < -0.4 is 0 Å². The van der Waals surface area contributed by atoms with Crippen molar-refractivity contribution in [2.75, 3.05) is 26.2 Å². The molecule has 6 heterocycles. The third-order valence-corrected chi connectivity index (χ3v) is 8.93. The number of hydrogen-bond donors (Lipinski definition) is 1. The zero-order valence-corrected chi connectivity index (χ0v) is 23.4. The number of carbonyl (C=O) groups excluding carboxylic acids is 1. The van der Waals surface area contributed by atoms with E-state index in [1.54, 1.807) is 30.9 Å². The molecule has 6 aromatic rings. The lowest BCUT2D eigenvalue weighted by atomic mass is 9.96. The molecule has 1 N–H and O–H groups in total. The van der Waals surface area contributed by atoms with Gasteiger partial charge >= 0.3 is 0 Å². The van der Waals surface area contributed by atoms with Gasteiger partial charge in [-0.1, -0.05) is 18.2 Å². The summed E-state index contributed by atoms with van der Waals surface area (Å²) in [5, 5.41) is 7.62. The zero-order chi connectivity index (χ0) is 28.9. The number of carbonyl (C=O) groups is 1. The Morgan fingerprint density at radius 3 is 2.65 bits per heavy atom. The summed E-state index contributed by atoms with van der Waals surface area (Å²) < 4.78 is 17.2. The Morgan fingerprint density at radius 2 is 1.79 bits per heavy atom. The van der Waals surface area contributed by atoms with Gasteiger partial charge in [-0.15, -0.1) is 0 Å². The van der Waals surface area contributed by atoms with Gasteiger partial charge in [0.1, 0.15) is 17.8 Å². The fourth-order valence-corrected chi connectivity index (χ4v) is 6.47. The highest BCUT2D eigenvalue weighted by molar-refractivity contribution is 5.95. The van der Waals surface area contributed by atoms with Crippen molar-refractivity contribution in [1.82, 2.24) is 39.5 Å². The molecule has 1 amide bonds. The molecule has 2 aliphatic heterocycles. The van der Waals surface area contributed by atoms with Crippen molar-refractivity contribution >= 4 is 27.7 Å². The number of fused-ring (bicyclic) bond motifs is 2. The minimum atomic E-state index is -0.389. The summed E-state index contributed by atoms with van der Waals surface area (Å²) in [6.07, 6.45) is 12.7. The molecule has 2 aliphatic rings. The molecule has 2 aromatic carbocycles. The van der Waals surface area contributed by atoms with E-state index in [0.29, 0.717) is 36.3 Å². The van der Waals surface area contributed by atoms with Gasteiger partial charge in [-0.3, -0.25) is 19.4 Å². The van der Waals surface area contributed by atoms with E-state index >= 15 is 4.39 Å². The maximum absolute atomic E-state index is 15.2. The van der Waals surface area contributed by atoms with Crippen molar-refractivity contribution in [2.45, 2.75) is 24.9 Å². The molecule has 0 spiro atoms. The van der Waals surface area contributed by atoms with E-state index in [1.165, 1.54) is 6.07 Å². The van der Waals surface area contributed by atoms with E-state index in [1.807, 2.05) is 52.3 Å².